The third kappa shape index (κ3) is 10.6. The van der Waals surface area contributed by atoms with Crippen LogP contribution in [0.5, 0.6) is 0 Å². The molecule has 2 rings (SSSR count). The van der Waals surface area contributed by atoms with Crippen LogP contribution in [0.2, 0.25) is 4.51 Å². The summed E-state index contributed by atoms with van der Waals surface area (Å²) in [5.41, 5.74) is 0. The Morgan fingerprint density at radius 2 is 1.38 bits per heavy atom. The molecule has 4 heteroatoms. The molecule has 0 radical (unpaired) electrons. The predicted octanol–water partition coefficient (Wildman–Crippen LogP) is 4.30. The Hall–Kier alpha value is 1.43. The van der Waals surface area contributed by atoms with E-state index in [9.17, 15) is 0 Å². The molecule has 16 heavy (non-hydrogen) atoms. The van der Waals surface area contributed by atoms with Crippen molar-refractivity contribution in [3.8, 4) is 0 Å². The number of halogens is 2. The molecular formula is C12H18Br2Zn2. The Labute approximate surface area is 140 Å². The molecule has 84 valence electrons. The van der Waals surface area contributed by atoms with Crippen molar-refractivity contribution in [2.24, 2.45) is 0 Å². The van der Waals surface area contributed by atoms with Gasteiger partial charge in [-0.05, 0) is 0 Å². The van der Waals surface area contributed by atoms with Crippen LogP contribution in [-0.2, 0) is 36.6 Å². The molecule has 0 unspecified atom stereocenters. The molecule has 0 bridgehead atoms. The maximum absolute atomic E-state index is 2.14. The van der Waals surface area contributed by atoms with Crippen molar-refractivity contribution >= 4 is 38.1 Å². The molecule has 0 heterocycles. The van der Waals surface area contributed by atoms with Gasteiger partial charge in [-0.25, -0.2) is 0 Å². The first-order valence-corrected chi connectivity index (χ1v) is 8.69. The summed E-state index contributed by atoms with van der Waals surface area (Å²) < 4.78 is 2.61. The zero-order valence-electron chi connectivity index (χ0n) is 9.73. The SMILES string of the molecule is Br.Br.[Zn][CH]1CCCCC1.[Zn][c]1ccccc1. The van der Waals surface area contributed by atoms with E-state index in [0.29, 0.717) is 0 Å². The van der Waals surface area contributed by atoms with E-state index in [-0.39, 0.29) is 34.0 Å². The van der Waals surface area contributed by atoms with Gasteiger partial charge in [-0.3, -0.25) is 0 Å². The van der Waals surface area contributed by atoms with Crippen LogP contribution < -0.4 is 4.16 Å². The van der Waals surface area contributed by atoms with E-state index in [1.807, 2.05) is 6.07 Å². The first kappa shape index (κ1) is 19.8. The molecule has 0 spiro atoms. The molecule has 1 saturated carbocycles. The van der Waals surface area contributed by atoms with Crippen LogP contribution in [0.4, 0.5) is 0 Å². The van der Waals surface area contributed by atoms with E-state index in [4.69, 9.17) is 0 Å². The first-order valence-electron chi connectivity index (χ1n) is 5.49. The Morgan fingerprint density at radius 3 is 1.62 bits per heavy atom. The second kappa shape index (κ2) is 12.9. The topological polar surface area (TPSA) is 0 Å². The third-order valence-electron chi connectivity index (χ3n) is 2.57. The van der Waals surface area contributed by atoms with Crippen LogP contribution >= 0.6 is 34.0 Å². The Balaban J connectivity index is 0. The summed E-state index contributed by atoms with van der Waals surface area (Å²) in [7, 11) is 0. The van der Waals surface area contributed by atoms with E-state index in [1.165, 1.54) is 41.7 Å². The fourth-order valence-corrected chi connectivity index (χ4v) is 3.45. The molecule has 0 aliphatic heterocycles. The molecule has 0 N–H and O–H groups in total. The van der Waals surface area contributed by atoms with Gasteiger partial charge in [-0.2, -0.15) is 0 Å². The molecule has 0 aromatic heterocycles. The summed E-state index contributed by atoms with van der Waals surface area (Å²) in [6.45, 7) is 0. The molecule has 1 aromatic carbocycles. The monoisotopic (exact) mass is 448 g/mol. The summed E-state index contributed by atoms with van der Waals surface area (Å²) in [4.78, 5) is 0. The Morgan fingerprint density at radius 1 is 0.875 bits per heavy atom. The molecule has 1 aliphatic carbocycles. The number of benzene rings is 1. The van der Waals surface area contributed by atoms with Crippen molar-refractivity contribution in [1.29, 1.82) is 0 Å². The number of hydrogen-bond donors (Lipinski definition) is 0. The first-order chi connectivity index (χ1) is 6.79. The number of hydrogen-bond acceptors (Lipinski definition) is 0. The van der Waals surface area contributed by atoms with Gasteiger partial charge in [-0.1, -0.05) is 0 Å². The normalized spacial score (nSPS) is 15.0. The average Bonchev–Trinajstić information content (AvgIpc) is 2.21. The average molecular weight is 453 g/mol. The second-order valence-corrected chi connectivity index (χ2v) is 8.13. The standard InChI is InChI=1S/C6H11.C6H5.2BrH.2Zn/c2*1-2-4-6-5-3-1;;;;/h1H,2-6H2;1-5H;2*1H;;. The van der Waals surface area contributed by atoms with Gasteiger partial charge in [0.1, 0.15) is 0 Å². The van der Waals surface area contributed by atoms with Gasteiger partial charge < -0.3 is 0 Å². The van der Waals surface area contributed by atoms with E-state index in [2.05, 4.69) is 24.3 Å². The van der Waals surface area contributed by atoms with Crippen molar-refractivity contribution in [1.82, 2.24) is 0 Å². The Bertz CT molecular complexity index is 236. The third-order valence-corrected chi connectivity index (χ3v) is 5.27. The summed E-state index contributed by atoms with van der Waals surface area (Å²) in [5, 5.41) is 0. The van der Waals surface area contributed by atoms with Crippen molar-refractivity contribution < 1.29 is 36.6 Å². The Kier molecular flexibility index (Phi) is 15.9. The van der Waals surface area contributed by atoms with Gasteiger partial charge in [-0.15, -0.1) is 34.0 Å². The van der Waals surface area contributed by atoms with Crippen LogP contribution in [0.1, 0.15) is 32.1 Å². The van der Waals surface area contributed by atoms with Crippen molar-refractivity contribution in [3.05, 3.63) is 30.3 Å². The van der Waals surface area contributed by atoms with E-state index in [0.717, 1.165) is 4.51 Å². The zero-order valence-corrected chi connectivity index (χ0v) is 19.1. The van der Waals surface area contributed by atoms with Gasteiger partial charge in [0.25, 0.3) is 0 Å². The number of rotatable bonds is 0. The van der Waals surface area contributed by atoms with Gasteiger partial charge in [0.15, 0.2) is 0 Å². The van der Waals surface area contributed by atoms with E-state index >= 15 is 0 Å². The summed E-state index contributed by atoms with van der Waals surface area (Å²) in [6.07, 6.45) is 7.63. The summed E-state index contributed by atoms with van der Waals surface area (Å²) >= 11 is 2.81. The van der Waals surface area contributed by atoms with Crippen molar-refractivity contribution in [3.63, 3.8) is 0 Å². The van der Waals surface area contributed by atoms with Crippen molar-refractivity contribution in [2.45, 2.75) is 36.6 Å². The van der Waals surface area contributed by atoms with Gasteiger partial charge in [0.05, 0.1) is 0 Å². The molecular weight excluding hydrogens is 435 g/mol. The van der Waals surface area contributed by atoms with Crippen LogP contribution in [0.3, 0.4) is 0 Å². The molecule has 0 atom stereocenters. The molecule has 0 amide bonds. The van der Waals surface area contributed by atoms with Crippen LogP contribution in [-0.4, -0.2) is 0 Å². The molecule has 1 aliphatic rings. The second-order valence-electron chi connectivity index (χ2n) is 3.99. The molecule has 0 nitrogen and oxygen atoms in total. The van der Waals surface area contributed by atoms with E-state index in [1.54, 1.807) is 31.1 Å². The van der Waals surface area contributed by atoms with Crippen molar-refractivity contribution in [2.75, 3.05) is 0 Å². The van der Waals surface area contributed by atoms with Crippen LogP contribution in [0.15, 0.2) is 30.3 Å². The van der Waals surface area contributed by atoms with E-state index < -0.39 is 0 Å². The van der Waals surface area contributed by atoms with Crippen LogP contribution in [0.25, 0.3) is 0 Å². The fourth-order valence-electron chi connectivity index (χ4n) is 1.67. The quantitative estimate of drug-likeness (QED) is 0.515. The maximum atomic E-state index is 2.14. The summed E-state index contributed by atoms with van der Waals surface area (Å²) in [5.74, 6) is 0. The zero-order chi connectivity index (χ0) is 10.2. The predicted molar refractivity (Wildman–Crippen MR) is 73.6 cm³/mol. The van der Waals surface area contributed by atoms with Gasteiger partial charge in [0, 0.05) is 0 Å². The molecule has 1 aromatic rings. The van der Waals surface area contributed by atoms with Gasteiger partial charge in [0.2, 0.25) is 0 Å². The summed E-state index contributed by atoms with van der Waals surface area (Å²) in [6, 6.07) is 10.5. The molecule has 0 saturated heterocycles. The molecule has 1 fully saturated rings. The van der Waals surface area contributed by atoms with Gasteiger partial charge >= 0.3 is 108 Å². The fraction of sp³-hybridized carbons (Fsp3) is 0.500. The van der Waals surface area contributed by atoms with Crippen LogP contribution in [0, 0.1) is 0 Å². The minimum absolute atomic E-state index is 0. The minimum atomic E-state index is 0.